The van der Waals surface area contributed by atoms with Gasteiger partial charge in [0.05, 0.1) is 46.2 Å². The van der Waals surface area contributed by atoms with Gasteiger partial charge >= 0.3 is 11.9 Å². The first-order valence-corrected chi connectivity index (χ1v) is 14.7. The molecule has 0 radical (unpaired) electrons. The first-order chi connectivity index (χ1) is 19.7. The van der Waals surface area contributed by atoms with E-state index in [1.165, 1.54) is 23.0 Å². The number of benzene rings is 2. The molecule has 0 aliphatic carbocycles. The minimum atomic E-state index is -1.11. The Morgan fingerprint density at radius 1 is 1.17 bits per heavy atom. The molecule has 1 atom stereocenters. The third-order valence-corrected chi connectivity index (χ3v) is 7.98. The quantitative estimate of drug-likeness (QED) is 0.239. The summed E-state index contributed by atoms with van der Waals surface area (Å²) in [5.41, 5.74) is 1.94. The fraction of sp³-hybridized carbons (Fsp3) is 0.310. The second kappa shape index (κ2) is 13.3. The number of carbonyl (C=O) groups is 2. The molecular weight excluding hydrogens is 663 g/mol. The third-order valence-electron chi connectivity index (χ3n) is 6.19. The predicted octanol–water partition coefficient (Wildman–Crippen LogP) is 3.66. The molecule has 1 aliphatic rings. The van der Waals surface area contributed by atoms with Gasteiger partial charge in [0.1, 0.15) is 5.75 Å². The fourth-order valence-corrected chi connectivity index (χ4v) is 6.30. The van der Waals surface area contributed by atoms with Crippen LogP contribution in [0.5, 0.6) is 17.2 Å². The van der Waals surface area contributed by atoms with Crippen molar-refractivity contribution in [3.05, 3.63) is 82.1 Å². The van der Waals surface area contributed by atoms with E-state index in [2.05, 4.69) is 0 Å². The highest BCUT2D eigenvalue weighted by atomic mass is 127. The van der Waals surface area contributed by atoms with Crippen molar-refractivity contribution in [2.75, 3.05) is 27.4 Å². The number of hydrogen-bond donors (Lipinski definition) is 1. The molecule has 216 valence electrons. The zero-order valence-corrected chi connectivity index (χ0v) is 25.9. The topological polar surface area (TPSA) is 126 Å². The van der Waals surface area contributed by atoms with Gasteiger partial charge in [-0.2, -0.15) is 0 Å². The maximum atomic E-state index is 14.0. The first-order valence-electron chi connectivity index (χ1n) is 12.8. The summed E-state index contributed by atoms with van der Waals surface area (Å²) in [6.07, 6.45) is 2.99. The highest BCUT2D eigenvalue weighted by Crippen LogP contribution is 2.35. The second-order valence-corrected chi connectivity index (χ2v) is 11.1. The molecule has 0 bridgehead atoms. The van der Waals surface area contributed by atoms with Crippen molar-refractivity contribution in [1.82, 2.24) is 4.57 Å². The van der Waals surface area contributed by atoms with Gasteiger partial charge in [-0.15, -0.1) is 0 Å². The molecule has 1 aliphatic heterocycles. The lowest BCUT2D eigenvalue weighted by Crippen LogP contribution is -2.40. The number of esters is 1. The molecule has 12 heteroatoms. The number of thiazole rings is 1. The van der Waals surface area contributed by atoms with Gasteiger partial charge in [-0.1, -0.05) is 36.8 Å². The van der Waals surface area contributed by atoms with Gasteiger partial charge < -0.3 is 24.1 Å². The first kappa shape index (κ1) is 30.3. The number of aliphatic carboxylic acids is 1. The summed E-state index contributed by atoms with van der Waals surface area (Å²) in [5, 5.41) is 9.00. The van der Waals surface area contributed by atoms with Crippen LogP contribution in [-0.4, -0.2) is 49.0 Å². The Bertz CT molecular complexity index is 1690. The van der Waals surface area contributed by atoms with Crippen molar-refractivity contribution in [2.45, 2.75) is 32.7 Å². The summed E-state index contributed by atoms with van der Waals surface area (Å²) >= 11 is 3.25. The van der Waals surface area contributed by atoms with E-state index < -0.39 is 24.6 Å². The SMILES string of the molecule is CCCC1=C(C(=O)OCC)[C@H](c2cccc(OC)c2)n2c(s/c(=C\c3cc(I)c(OCC(=O)O)c(OC)c3)c2=O)=N1. The van der Waals surface area contributed by atoms with Gasteiger partial charge in [-0.25, -0.2) is 14.6 Å². The number of aromatic nitrogens is 1. The largest absolute Gasteiger partial charge is 0.497 e. The second-order valence-electron chi connectivity index (χ2n) is 8.91. The zero-order chi connectivity index (χ0) is 29.7. The van der Waals surface area contributed by atoms with Gasteiger partial charge in [-0.3, -0.25) is 9.36 Å². The van der Waals surface area contributed by atoms with Crippen molar-refractivity contribution in [3.63, 3.8) is 0 Å². The molecule has 0 spiro atoms. The Morgan fingerprint density at radius 3 is 2.61 bits per heavy atom. The van der Waals surface area contributed by atoms with Crippen LogP contribution in [-0.2, 0) is 14.3 Å². The Morgan fingerprint density at radius 2 is 1.95 bits per heavy atom. The summed E-state index contributed by atoms with van der Waals surface area (Å²) in [6.45, 7) is 3.41. The molecule has 10 nitrogen and oxygen atoms in total. The number of ether oxygens (including phenoxy) is 4. The number of rotatable bonds is 11. The molecule has 4 rings (SSSR count). The van der Waals surface area contributed by atoms with E-state index in [1.807, 2.05) is 41.6 Å². The lowest BCUT2D eigenvalue weighted by atomic mass is 9.94. The van der Waals surface area contributed by atoms with Crippen LogP contribution in [0.2, 0.25) is 0 Å². The van der Waals surface area contributed by atoms with E-state index >= 15 is 0 Å². The molecule has 41 heavy (non-hydrogen) atoms. The van der Waals surface area contributed by atoms with E-state index in [0.717, 1.165) is 6.42 Å². The Kier molecular flexibility index (Phi) is 9.86. The lowest BCUT2D eigenvalue weighted by molar-refractivity contribution is -0.140. The van der Waals surface area contributed by atoms with Crippen molar-refractivity contribution in [2.24, 2.45) is 4.99 Å². The van der Waals surface area contributed by atoms with Gasteiger partial charge in [0.2, 0.25) is 0 Å². The standard InChI is InChI=1S/C29H29IN2O8S/c1-5-8-20-24(28(36)39-6-2)25(17-9-7-10-18(14-17)37-3)32-27(35)22(41-29(32)31-20)13-16-11-19(30)26(21(12-16)38-4)40-15-23(33)34/h7,9-14,25H,5-6,8,15H2,1-4H3,(H,33,34)/b22-13-/t25-/m0/s1. The Labute approximate surface area is 253 Å². The van der Waals surface area contributed by atoms with Crippen LogP contribution in [0.4, 0.5) is 0 Å². The molecule has 2 aromatic carbocycles. The molecule has 2 heterocycles. The molecule has 0 unspecified atom stereocenters. The number of fused-ring (bicyclic) bond motifs is 1. The zero-order valence-electron chi connectivity index (χ0n) is 22.9. The van der Waals surface area contributed by atoms with Gasteiger partial charge in [0.25, 0.3) is 5.56 Å². The van der Waals surface area contributed by atoms with Crippen molar-refractivity contribution < 1.29 is 33.6 Å². The minimum absolute atomic E-state index is 0.184. The van der Waals surface area contributed by atoms with Crippen molar-refractivity contribution >= 4 is 51.9 Å². The minimum Gasteiger partial charge on any atom is -0.497 e. The van der Waals surface area contributed by atoms with Crippen LogP contribution < -0.4 is 29.1 Å². The van der Waals surface area contributed by atoms with Crippen molar-refractivity contribution in [1.29, 1.82) is 0 Å². The summed E-state index contributed by atoms with van der Waals surface area (Å²) in [5.74, 6) is -0.397. The average molecular weight is 693 g/mol. The Hall–Kier alpha value is -3.65. The molecule has 0 saturated heterocycles. The molecular formula is C29H29IN2O8S. The van der Waals surface area contributed by atoms with Crippen LogP contribution in [0.15, 0.2) is 57.5 Å². The van der Waals surface area contributed by atoms with Crippen LogP contribution in [0.25, 0.3) is 6.08 Å². The van der Waals surface area contributed by atoms with Crippen LogP contribution >= 0.6 is 33.9 Å². The fourth-order valence-electron chi connectivity index (χ4n) is 4.50. The number of carboxylic acid groups (broad SMARTS) is 1. The lowest BCUT2D eigenvalue weighted by Gasteiger charge is -2.26. The Balaban J connectivity index is 1.93. The molecule has 0 fully saturated rings. The summed E-state index contributed by atoms with van der Waals surface area (Å²) in [6, 6.07) is 9.95. The summed E-state index contributed by atoms with van der Waals surface area (Å²) in [4.78, 5) is 43.5. The summed E-state index contributed by atoms with van der Waals surface area (Å²) in [7, 11) is 3.01. The molecule has 0 saturated carbocycles. The average Bonchev–Trinajstić information content (AvgIpc) is 3.25. The normalized spacial score (nSPS) is 14.8. The van der Waals surface area contributed by atoms with E-state index in [1.54, 1.807) is 44.4 Å². The van der Waals surface area contributed by atoms with E-state index in [-0.39, 0.29) is 12.2 Å². The van der Waals surface area contributed by atoms with Crippen LogP contribution in [0.1, 0.15) is 43.9 Å². The number of hydrogen-bond acceptors (Lipinski definition) is 9. The highest BCUT2D eigenvalue weighted by molar-refractivity contribution is 14.1. The number of halogens is 1. The smallest absolute Gasteiger partial charge is 0.341 e. The number of carboxylic acids is 1. The van der Waals surface area contributed by atoms with E-state index in [9.17, 15) is 14.4 Å². The van der Waals surface area contributed by atoms with Crippen molar-refractivity contribution in [3.8, 4) is 17.2 Å². The highest BCUT2D eigenvalue weighted by Gasteiger charge is 2.34. The van der Waals surface area contributed by atoms with Crippen LogP contribution in [0, 0.1) is 3.57 Å². The number of methoxy groups -OCH3 is 2. The van der Waals surface area contributed by atoms with Gasteiger partial charge in [-0.05, 0) is 77.4 Å². The van der Waals surface area contributed by atoms with Crippen LogP contribution in [0.3, 0.4) is 0 Å². The maximum Gasteiger partial charge on any atom is 0.341 e. The van der Waals surface area contributed by atoms with Gasteiger partial charge in [0.15, 0.2) is 22.9 Å². The third kappa shape index (κ3) is 6.48. The van der Waals surface area contributed by atoms with Gasteiger partial charge in [0, 0.05) is 0 Å². The molecule has 1 N–H and O–H groups in total. The number of nitrogens with zero attached hydrogens (tertiary/aromatic N) is 2. The molecule has 1 aromatic heterocycles. The maximum absolute atomic E-state index is 14.0. The van der Waals surface area contributed by atoms with E-state index in [0.29, 0.717) is 59.0 Å². The number of carbonyl (C=O) groups excluding carboxylic acids is 1. The van der Waals surface area contributed by atoms with E-state index in [4.69, 9.17) is 29.0 Å². The molecule has 0 amide bonds. The number of allylic oxidation sites excluding steroid dienone is 1. The predicted molar refractivity (Wildman–Crippen MR) is 161 cm³/mol. The summed E-state index contributed by atoms with van der Waals surface area (Å²) < 4.78 is 24.3. The monoisotopic (exact) mass is 692 g/mol. The molecule has 3 aromatic rings.